The van der Waals surface area contributed by atoms with Gasteiger partial charge in [0, 0.05) is 18.3 Å². The fourth-order valence-corrected chi connectivity index (χ4v) is 1.04. The van der Waals surface area contributed by atoms with Crippen LogP contribution >= 0.6 is 0 Å². The third kappa shape index (κ3) is 1.08. The molecule has 6 heteroatoms. The predicted octanol–water partition coefficient (Wildman–Crippen LogP) is -0.879. The fraction of sp³-hybridized carbons (Fsp3) is 0. The van der Waals surface area contributed by atoms with Gasteiger partial charge < -0.3 is 10.7 Å². The lowest BCUT2D eigenvalue weighted by atomic mass is 10.4. The first kappa shape index (κ1) is 7.53. The summed E-state index contributed by atoms with van der Waals surface area (Å²) in [6, 6.07) is 2.73. The SMILES string of the molecule is NC(=O)c1cc2[nH]ccc(=O)n2n1. The number of primary amides is 1. The van der Waals surface area contributed by atoms with Crippen molar-refractivity contribution in [3.05, 3.63) is 34.4 Å². The number of nitrogens with two attached hydrogens (primary N) is 1. The summed E-state index contributed by atoms with van der Waals surface area (Å²) in [4.78, 5) is 24.6. The van der Waals surface area contributed by atoms with Crippen molar-refractivity contribution in [3.63, 3.8) is 0 Å². The molecule has 66 valence electrons. The molecule has 0 unspecified atom stereocenters. The van der Waals surface area contributed by atoms with Gasteiger partial charge in [0.1, 0.15) is 5.65 Å². The zero-order valence-electron chi connectivity index (χ0n) is 6.52. The van der Waals surface area contributed by atoms with Crippen molar-refractivity contribution in [1.29, 1.82) is 0 Å². The molecule has 6 nitrogen and oxygen atoms in total. The summed E-state index contributed by atoms with van der Waals surface area (Å²) in [5.41, 5.74) is 5.21. The van der Waals surface area contributed by atoms with Gasteiger partial charge in [-0.1, -0.05) is 0 Å². The first-order chi connectivity index (χ1) is 6.18. The van der Waals surface area contributed by atoms with Crippen molar-refractivity contribution in [3.8, 4) is 0 Å². The second-order valence-electron chi connectivity index (χ2n) is 2.51. The van der Waals surface area contributed by atoms with Gasteiger partial charge in [0.2, 0.25) is 0 Å². The highest BCUT2D eigenvalue weighted by Gasteiger charge is 2.07. The van der Waals surface area contributed by atoms with Crippen LogP contribution in [0.3, 0.4) is 0 Å². The average molecular weight is 178 g/mol. The molecule has 2 heterocycles. The number of carbonyl (C=O) groups excluding carboxylic acids is 1. The molecule has 3 N–H and O–H groups in total. The van der Waals surface area contributed by atoms with Crippen LogP contribution in [0.4, 0.5) is 0 Å². The maximum atomic E-state index is 11.1. The largest absolute Gasteiger partial charge is 0.364 e. The Hall–Kier alpha value is -2.11. The maximum Gasteiger partial charge on any atom is 0.274 e. The second kappa shape index (κ2) is 2.44. The molecule has 0 fully saturated rings. The molecule has 2 rings (SSSR count). The van der Waals surface area contributed by atoms with E-state index in [1.165, 1.54) is 18.3 Å². The van der Waals surface area contributed by atoms with E-state index in [1.54, 1.807) is 0 Å². The minimum Gasteiger partial charge on any atom is -0.364 e. The van der Waals surface area contributed by atoms with E-state index in [0.29, 0.717) is 5.65 Å². The van der Waals surface area contributed by atoms with Crippen LogP contribution in [0.15, 0.2) is 23.1 Å². The van der Waals surface area contributed by atoms with Crippen molar-refractivity contribution in [2.24, 2.45) is 5.73 Å². The fourth-order valence-electron chi connectivity index (χ4n) is 1.04. The number of nitrogens with one attached hydrogen (secondary N) is 1. The number of amides is 1. The van der Waals surface area contributed by atoms with Crippen LogP contribution in [0.1, 0.15) is 10.5 Å². The monoisotopic (exact) mass is 178 g/mol. The van der Waals surface area contributed by atoms with E-state index in [1.807, 2.05) is 0 Å². The summed E-state index contributed by atoms with van der Waals surface area (Å²) in [6.07, 6.45) is 1.48. The van der Waals surface area contributed by atoms with Crippen molar-refractivity contribution >= 4 is 11.6 Å². The third-order valence-corrected chi connectivity index (χ3v) is 1.63. The number of hydrogen-bond acceptors (Lipinski definition) is 3. The number of H-pyrrole nitrogens is 1. The van der Waals surface area contributed by atoms with Gasteiger partial charge in [-0.2, -0.15) is 9.61 Å². The number of aromatic nitrogens is 3. The summed E-state index contributed by atoms with van der Waals surface area (Å²) >= 11 is 0. The van der Waals surface area contributed by atoms with Gasteiger partial charge in [-0.25, -0.2) is 0 Å². The van der Waals surface area contributed by atoms with E-state index in [9.17, 15) is 9.59 Å². The van der Waals surface area contributed by atoms with Gasteiger partial charge in [0.15, 0.2) is 5.69 Å². The van der Waals surface area contributed by atoms with Gasteiger partial charge in [-0.15, -0.1) is 0 Å². The van der Waals surface area contributed by atoms with Crippen molar-refractivity contribution < 1.29 is 4.79 Å². The number of fused-ring (bicyclic) bond motifs is 1. The topological polar surface area (TPSA) is 93.2 Å². The molecular weight excluding hydrogens is 172 g/mol. The zero-order valence-corrected chi connectivity index (χ0v) is 6.52. The Balaban J connectivity index is 2.83. The van der Waals surface area contributed by atoms with Crippen molar-refractivity contribution in [2.45, 2.75) is 0 Å². The Morgan fingerprint density at radius 1 is 1.62 bits per heavy atom. The number of nitrogens with zero attached hydrogens (tertiary/aromatic N) is 2. The van der Waals surface area contributed by atoms with Gasteiger partial charge in [-0.05, 0) is 0 Å². The summed E-state index contributed by atoms with van der Waals surface area (Å²) < 4.78 is 1.08. The average Bonchev–Trinajstić information content (AvgIpc) is 2.49. The number of rotatable bonds is 1. The normalized spacial score (nSPS) is 10.5. The maximum absolute atomic E-state index is 11.1. The van der Waals surface area contributed by atoms with E-state index < -0.39 is 5.91 Å². The van der Waals surface area contributed by atoms with Crippen LogP contribution in [-0.4, -0.2) is 20.5 Å². The van der Waals surface area contributed by atoms with Gasteiger partial charge in [-0.3, -0.25) is 9.59 Å². The van der Waals surface area contributed by atoms with Crippen LogP contribution in [-0.2, 0) is 0 Å². The molecule has 0 atom stereocenters. The molecule has 0 radical (unpaired) electrons. The Labute approximate surface area is 72.0 Å². The summed E-state index contributed by atoms with van der Waals surface area (Å²) in [7, 11) is 0. The van der Waals surface area contributed by atoms with Crippen molar-refractivity contribution in [2.75, 3.05) is 0 Å². The molecule has 0 aliphatic rings. The van der Waals surface area contributed by atoms with E-state index in [-0.39, 0.29) is 11.3 Å². The summed E-state index contributed by atoms with van der Waals surface area (Å²) in [5, 5.41) is 3.71. The van der Waals surface area contributed by atoms with E-state index >= 15 is 0 Å². The van der Waals surface area contributed by atoms with Crippen molar-refractivity contribution in [1.82, 2.24) is 14.6 Å². The van der Waals surface area contributed by atoms with Crippen LogP contribution in [0.5, 0.6) is 0 Å². The Kier molecular flexibility index (Phi) is 1.42. The molecule has 13 heavy (non-hydrogen) atoms. The molecule has 0 bridgehead atoms. The summed E-state index contributed by atoms with van der Waals surface area (Å²) in [6.45, 7) is 0. The van der Waals surface area contributed by atoms with Crippen LogP contribution in [0, 0.1) is 0 Å². The Morgan fingerprint density at radius 3 is 3.00 bits per heavy atom. The van der Waals surface area contributed by atoms with E-state index in [2.05, 4.69) is 10.1 Å². The van der Waals surface area contributed by atoms with E-state index in [4.69, 9.17) is 5.73 Å². The molecule has 2 aromatic rings. The molecule has 0 aliphatic heterocycles. The lowest BCUT2D eigenvalue weighted by Crippen LogP contribution is -2.15. The van der Waals surface area contributed by atoms with Gasteiger partial charge in [0.05, 0.1) is 0 Å². The van der Waals surface area contributed by atoms with Gasteiger partial charge >= 0.3 is 0 Å². The second-order valence-corrected chi connectivity index (χ2v) is 2.51. The van der Waals surface area contributed by atoms with Crippen LogP contribution < -0.4 is 11.3 Å². The number of carbonyl (C=O) groups is 1. The van der Waals surface area contributed by atoms with E-state index in [0.717, 1.165) is 4.52 Å². The zero-order chi connectivity index (χ0) is 9.42. The first-order valence-corrected chi connectivity index (χ1v) is 3.56. The number of aromatic amines is 1. The number of hydrogen-bond donors (Lipinski definition) is 2. The first-order valence-electron chi connectivity index (χ1n) is 3.56. The molecule has 1 amide bonds. The van der Waals surface area contributed by atoms with Crippen LogP contribution in [0.25, 0.3) is 5.65 Å². The molecule has 0 spiro atoms. The quantitative estimate of drug-likeness (QED) is 0.593. The van der Waals surface area contributed by atoms with Gasteiger partial charge in [0.25, 0.3) is 11.5 Å². The highest BCUT2D eigenvalue weighted by molar-refractivity contribution is 5.91. The minimum atomic E-state index is -0.656. The summed E-state index contributed by atoms with van der Waals surface area (Å²) in [5.74, 6) is -0.656. The predicted molar refractivity (Wildman–Crippen MR) is 44.3 cm³/mol. The van der Waals surface area contributed by atoms with Crippen LogP contribution in [0.2, 0.25) is 0 Å². The molecule has 0 saturated heterocycles. The Morgan fingerprint density at radius 2 is 2.38 bits per heavy atom. The molecule has 0 saturated carbocycles. The molecular formula is C7H6N4O2. The lowest BCUT2D eigenvalue weighted by Gasteiger charge is -1.87. The Bertz CT molecular complexity index is 525. The molecule has 0 aliphatic carbocycles. The third-order valence-electron chi connectivity index (χ3n) is 1.63. The highest BCUT2D eigenvalue weighted by atomic mass is 16.1. The molecule has 0 aromatic carbocycles. The standard InChI is InChI=1S/C7H6N4O2/c8-7(13)4-3-5-9-2-1-6(12)11(5)10-4/h1-3,9H,(H2,8,13). The lowest BCUT2D eigenvalue weighted by molar-refractivity contribution is 0.0995. The smallest absolute Gasteiger partial charge is 0.274 e. The minimum absolute atomic E-state index is 0.0690. The molecule has 2 aromatic heterocycles. The highest BCUT2D eigenvalue weighted by Crippen LogP contribution is 1.98.